The first-order valence-electron chi connectivity index (χ1n) is 8.33. The molecule has 0 radical (unpaired) electrons. The van der Waals surface area contributed by atoms with Gasteiger partial charge in [-0.25, -0.2) is 4.39 Å². The van der Waals surface area contributed by atoms with E-state index in [0.717, 1.165) is 16.9 Å². The number of ether oxygens (including phenoxy) is 2. The summed E-state index contributed by atoms with van der Waals surface area (Å²) in [5.74, 6) is 0.364. The van der Waals surface area contributed by atoms with E-state index in [4.69, 9.17) is 9.47 Å². The Kier molecular flexibility index (Phi) is 7.16. The molecule has 0 amide bonds. The van der Waals surface area contributed by atoms with Crippen LogP contribution < -0.4 is 4.74 Å². The number of hydrogen-bond donors (Lipinski definition) is 1. The highest BCUT2D eigenvalue weighted by Gasteiger charge is 2.24. The first-order chi connectivity index (χ1) is 12.0. The minimum absolute atomic E-state index is 0.166. The first kappa shape index (κ1) is 19.2. The molecule has 0 saturated heterocycles. The van der Waals surface area contributed by atoms with Crippen LogP contribution in [-0.2, 0) is 17.8 Å². The Hall–Kier alpha value is -2.17. The molecule has 2 aromatic rings. The fourth-order valence-electron chi connectivity index (χ4n) is 2.70. The zero-order chi connectivity index (χ0) is 18.2. The van der Waals surface area contributed by atoms with Crippen LogP contribution in [0.2, 0.25) is 0 Å². The van der Waals surface area contributed by atoms with Gasteiger partial charge in [0.25, 0.3) is 0 Å². The summed E-state index contributed by atoms with van der Waals surface area (Å²) < 4.78 is 24.2. The van der Waals surface area contributed by atoms with Gasteiger partial charge in [-0.3, -0.25) is 0 Å². The Morgan fingerprint density at radius 2 is 1.68 bits per heavy atom. The van der Waals surface area contributed by atoms with Crippen molar-refractivity contribution in [3.05, 3.63) is 78.1 Å². The average molecular weight is 344 g/mol. The lowest BCUT2D eigenvalue weighted by Crippen LogP contribution is -2.32. The highest BCUT2D eigenvalue weighted by Crippen LogP contribution is 2.22. The van der Waals surface area contributed by atoms with Crippen molar-refractivity contribution in [3.8, 4) is 5.75 Å². The molecule has 0 fully saturated rings. The SMILES string of the molecule is C=C[C@@H](O)[C@@H](Cc1ccc(F)cc1)[C@H](C)OCc1ccc(OC)cc1. The molecule has 134 valence electrons. The Labute approximate surface area is 148 Å². The summed E-state index contributed by atoms with van der Waals surface area (Å²) in [6, 6.07) is 14.0. The molecule has 0 aliphatic carbocycles. The van der Waals surface area contributed by atoms with Crippen LogP contribution in [-0.4, -0.2) is 24.4 Å². The highest BCUT2D eigenvalue weighted by molar-refractivity contribution is 5.26. The molecule has 3 nitrogen and oxygen atoms in total. The zero-order valence-corrected chi connectivity index (χ0v) is 14.7. The predicted molar refractivity (Wildman–Crippen MR) is 97.0 cm³/mol. The van der Waals surface area contributed by atoms with E-state index in [1.165, 1.54) is 18.2 Å². The number of aliphatic hydroxyl groups excluding tert-OH is 1. The van der Waals surface area contributed by atoms with E-state index < -0.39 is 6.10 Å². The Bertz CT molecular complexity index is 652. The van der Waals surface area contributed by atoms with Crippen LogP contribution in [0.4, 0.5) is 4.39 Å². The van der Waals surface area contributed by atoms with E-state index >= 15 is 0 Å². The fourth-order valence-corrected chi connectivity index (χ4v) is 2.70. The summed E-state index contributed by atoms with van der Waals surface area (Å²) in [6.45, 7) is 6.05. The summed E-state index contributed by atoms with van der Waals surface area (Å²) in [5, 5.41) is 10.3. The highest BCUT2D eigenvalue weighted by atomic mass is 19.1. The van der Waals surface area contributed by atoms with E-state index in [9.17, 15) is 9.50 Å². The van der Waals surface area contributed by atoms with Crippen molar-refractivity contribution in [2.75, 3.05) is 7.11 Å². The molecule has 2 aromatic carbocycles. The summed E-state index contributed by atoms with van der Waals surface area (Å²) in [7, 11) is 1.63. The number of rotatable bonds is 9. The van der Waals surface area contributed by atoms with Gasteiger partial charge in [-0.15, -0.1) is 6.58 Å². The first-order valence-corrected chi connectivity index (χ1v) is 8.33. The standard InChI is InChI=1S/C21H25FO3/c1-4-21(23)20(13-16-5-9-18(22)10-6-16)15(2)25-14-17-7-11-19(24-3)12-8-17/h4-12,15,20-21,23H,1,13-14H2,2-3H3/t15-,20-,21+/m0/s1. The van der Waals surface area contributed by atoms with Gasteiger partial charge in [0.05, 0.1) is 25.9 Å². The molecule has 0 bridgehead atoms. The minimum Gasteiger partial charge on any atom is -0.497 e. The molecule has 2 rings (SSSR count). The maximum atomic E-state index is 13.1. The van der Waals surface area contributed by atoms with E-state index in [1.54, 1.807) is 19.2 Å². The van der Waals surface area contributed by atoms with Gasteiger partial charge >= 0.3 is 0 Å². The second-order valence-corrected chi connectivity index (χ2v) is 6.08. The van der Waals surface area contributed by atoms with Crippen LogP contribution in [0.15, 0.2) is 61.2 Å². The molecule has 1 N–H and O–H groups in total. The Balaban J connectivity index is 2.00. The van der Waals surface area contributed by atoms with Crippen molar-refractivity contribution >= 4 is 0 Å². The van der Waals surface area contributed by atoms with Gasteiger partial charge in [0.2, 0.25) is 0 Å². The van der Waals surface area contributed by atoms with E-state index in [1.807, 2.05) is 31.2 Å². The second kappa shape index (κ2) is 9.35. The van der Waals surface area contributed by atoms with Crippen LogP contribution in [0.3, 0.4) is 0 Å². The molecular weight excluding hydrogens is 319 g/mol. The third-order valence-electron chi connectivity index (χ3n) is 4.34. The van der Waals surface area contributed by atoms with Crippen molar-refractivity contribution in [2.24, 2.45) is 5.92 Å². The zero-order valence-electron chi connectivity index (χ0n) is 14.7. The summed E-state index contributed by atoms with van der Waals surface area (Å²) in [6.07, 6.45) is 1.20. The van der Waals surface area contributed by atoms with Crippen molar-refractivity contribution in [2.45, 2.75) is 32.2 Å². The molecule has 0 spiro atoms. The number of aliphatic hydroxyl groups is 1. The van der Waals surface area contributed by atoms with E-state index in [-0.39, 0.29) is 17.8 Å². The third kappa shape index (κ3) is 5.69. The lowest BCUT2D eigenvalue weighted by Gasteiger charge is -2.27. The molecule has 4 heteroatoms. The van der Waals surface area contributed by atoms with Crippen molar-refractivity contribution in [1.82, 2.24) is 0 Å². The quantitative estimate of drug-likeness (QED) is 0.695. The van der Waals surface area contributed by atoms with Crippen LogP contribution in [0.1, 0.15) is 18.1 Å². The Morgan fingerprint density at radius 1 is 1.08 bits per heavy atom. The molecule has 3 atom stereocenters. The summed E-state index contributed by atoms with van der Waals surface area (Å²) >= 11 is 0. The average Bonchev–Trinajstić information content (AvgIpc) is 2.65. The van der Waals surface area contributed by atoms with Gasteiger partial charge in [-0.05, 0) is 48.7 Å². The number of hydrogen-bond acceptors (Lipinski definition) is 3. The molecule has 0 saturated carbocycles. The third-order valence-corrected chi connectivity index (χ3v) is 4.34. The van der Waals surface area contributed by atoms with Gasteiger partial charge in [0.1, 0.15) is 11.6 Å². The molecule has 0 aliphatic rings. The van der Waals surface area contributed by atoms with Crippen molar-refractivity contribution < 1.29 is 19.0 Å². The largest absolute Gasteiger partial charge is 0.497 e. The number of benzene rings is 2. The Morgan fingerprint density at radius 3 is 2.24 bits per heavy atom. The van der Waals surface area contributed by atoms with Crippen LogP contribution >= 0.6 is 0 Å². The van der Waals surface area contributed by atoms with Gasteiger partial charge in [-0.2, -0.15) is 0 Å². The van der Waals surface area contributed by atoms with E-state index in [2.05, 4.69) is 6.58 Å². The van der Waals surface area contributed by atoms with Crippen LogP contribution in [0.5, 0.6) is 5.75 Å². The summed E-state index contributed by atoms with van der Waals surface area (Å²) in [5.41, 5.74) is 1.98. The summed E-state index contributed by atoms with van der Waals surface area (Å²) in [4.78, 5) is 0. The van der Waals surface area contributed by atoms with Crippen LogP contribution in [0.25, 0.3) is 0 Å². The molecule has 0 heterocycles. The monoisotopic (exact) mass is 344 g/mol. The van der Waals surface area contributed by atoms with Crippen molar-refractivity contribution in [1.29, 1.82) is 0 Å². The number of methoxy groups -OCH3 is 1. The fraction of sp³-hybridized carbons (Fsp3) is 0.333. The van der Waals surface area contributed by atoms with Gasteiger partial charge in [-0.1, -0.05) is 30.3 Å². The lowest BCUT2D eigenvalue weighted by molar-refractivity contribution is -0.0218. The number of halogens is 1. The minimum atomic E-state index is -0.698. The maximum Gasteiger partial charge on any atom is 0.123 e. The topological polar surface area (TPSA) is 38.7 Å². The smallest absolute Gasteiger partial charge is 0.123 e. The van der Waals surface area contributed by atoms with Gasteiger partial charge < -0.3 is 14.6 Å². The maximum absolute atomic E-state index is 13.1. The molecule has 0 aliphatic heterocycles. The molecule has 0 unspecified atom stereocenters. The van der Waals surface area contributed by atoms with Gasteiger partial charge in [0, 0.05) is 5.92 Å². The predicted octanol–water partition coefficient (Wildman–Crippen LogP) is 4.15. The lowest BCUT2D eigenvalue weighted by atomic mass is 9.89. The molecule has 0 aromatic heterocycles. The van der Waals surface area contributed by atoms with Crippen molar-refractivity contribution in [3.63, 3.8) is 0 Å². The van der Waals surface area contributed by atoms with Gasteiger partial charge in [0.15, 0.2) is 0 Å². The second-order valence-electron chi connectivity index (χ2n) is 6.08. The molecule has 25 heavy (non-hydrogen) atoms. The normalized spacial score (nSPS) is 14.6. The molecular formula is C21H25FO3. The van der Waals surface area contributed by atoms with Crippen LogP contribution in [0, 0.1) is 11.7 Å². The van der Waals surface area contributed by atoms with E-state index in [0.29, 0.717) is 13.0 Å².